The van der Waals surface area contributed by atoms with Crippen LogP contribution in [0.15, 0.2) is 42.7 Å². The van der Waals surface area contributed by atoms with E-state index < -0.39 is 10.0 Å². The van der Waals surface area contributed by atoms with Crippen molar-refractivity contribution in [2.75, 3.05) is 34.3 Å². The van der Waals surface area contributed by atoms with Gasteiger partial charge in [-0.1, -0.05) is 6.07 Å². The summed E-state index contributed by atoms with van der Waals surface area (Å²) >= 11 is 0. The van der Waals surface area contributed by atoms with Gasteiger partial charge in [0.15, 0.2) is 5.82 Å². The van der Waals surface area contributed by atoms with Gasteiger partial charge in [0.05, 0.1) is 23.6 Å². The number of carbonyl (C=O) groups is 1. The highest BCUT2D eigenvalue weighted by molar-refractivity contribution is 7.92. The van der Waals surface area contributed by atoms with Crippen molar-refractivity contribution in [2.24, 2.45) is 5.92 Å². The van der Waals surface area contributed by atoms with Crippen LogP contribution >= 0.6 is 0 Å². The number of hydrogen-bond acceptors (Lipinski definition) is 7. The van der Waals surface area contributed by atoms with Gasteiger partial charge in [-0.3, -0.25) is 9.52 Å². The SMILES string of the molecule is Cc1cc(C)n(-c2cc(N3CC(C(=O)Nc4cccc(NS(C)(=O)=O)c4)C3)ncn2)n1. The fraction of sp³-hybridized carbons (Fsp3) is 0.300. The number of aryl methyl sites for hydroxylation is 2. The summed E-state index contributed by atoms with van der Waals surface area (Å²) < 4.78 is 26.9. The Morgan fingerprint density at radius 1 is 1.06 bits per heavy atom. The summed E-state index contributed by atoms with van der Waals surface area (Å²) in [6, 6.07) is 10.4. The largest absolute Gasteiger partial charge is 0.355 e. The van der Waals surface area contributed by atoms with Gasteiger partial charge in [-0.2, -0.15) is 5.10 Å². The Labute approximate surface area is 180 Å². The summed E-state index contributed by atoms with van der Waals surface area (Å²) in [5.74, 6) is 1.10. The molecule has 31 heavy (non-hydrogen) atoms. The highest BCUT2D eigenvalue weighted by Crippen LogP contribution is 2.25. The molecule has 2 aromatic heterocycles. The van der Waals surface area contributed by atoms with Crippen LogP contribution in [0.25, 0.3) is 5.82 Å². The second kappa shape index (κ2) is 7.99. The van der Waals surface area contributed by atoms with Gasteiger partial charge >= 0.3 is 0 Å². The van der Waals surface area contributed by atoms with Crippen LogP contribution in [-0.2, 0) is 14.8 Å². The Hall–Kier alpha value is -3.47. The molecular weight excluding hydrogens is 418 g/mol. The number of nitrogens with one attached hydrogen (secondary N) is 2. The fourth-order valence-corrected chi connectivity index (χ4v) is 3.99. The molecule has 162 valence electrons. The molecule has 3 heterocycles. The summed E-state index contributed by atoms with van der Waals surface area (Å²) in [6.07, 6.45) is 2.57. The second-order valence-electron chi connectivity index (χ2n) is 7.62. The normalized spacial score (nSPS) is 14.2. The van der Waals surface area contributed by atoms with Crippen molar-refractivity contribution in [3.8, 4) is 5.82 Å². The first-order valence-corrected chi connectivity index (χ1v) is 11.6. The molecule has 1 aromatic carbocycles. The second-order valence-corrected chi connectivity index (χ2v) is 9.37. The zero-order valence-corrected chi connectivity index (χ0v) is 18.2. The van der Waals surface area contributed by atoms with E-state index in [0.29, 0.717) is 30.3 Å². The molecule has 4 rings (SSSR count). The zero-order chi connectivity index (χ0) is 22.2. The van der Waals surface area contributed by atoms with Crippen molar-refractivity contribution in [3.05, 3.63) is 54.1 Å². The average molecular weight is 442 g/mol. The summed E-state index contributed by atoms with van der Waals surface area (Å²) in [5.41, 5.74) is 2.82. The van der Waals surface area contributed by atoms with E-state index in [-0.39, 0.29) is 11.8 Å². The fourth-order valence-electron chi connectivity index (χ4n) is 3.44. The van der Waals surface area contributed by atoms with Crippen LogP contribution in [0.5, 0.6) is 0 Å². The molecule has 10 nitrogen and oxygen atoms in total. The maximum Gasteiger partial charge on any atom is 0.231 e. The zero-order valence-electron chi connectivity index (χ0n) is 17.4. The van der Waals surface area contributed by atoms with Gasteiger partial charge < -0.3 is 10.2 Å². The maximum atomic E-state index is 12.6. The van der Waals surface area contributed by atoms with E-state index in [1.807, 2.05) is 30.9 Å². The number of hydrogen-bond donors (Lipinski definition) is 2. The van der Waals surface area contributed by atoms with E-state index in [1.165, 1.54) is 6.33 Å². The van der Waals surface area contributed by atoms with Crippen LogP contribution < -0.4 is 14.9 Å². The Kier molecular flexibility index (Phi) is 5.36. The first kappa shape index (κ1) is 20.8. The lowest BCUT2D eigenvalue weighted by atomic mass is 9.99. The van der Waals surface area contributed by atoms with Gasteiger partial charge in [0.25, 0.3) is 0 Å². The molecule has 3 aromatic rings. The lowest BCUT2D eigenvalue weighted by Gasteiger charge is -2.39. The molecule has 1 fully saturated rings. The number of rotatable bonds is 6. The Morgan fingerprint density at radius 3 is 2.45 bits per heavy atom. The van der Waals surface area contributed by atoms with Crippen molar-refractivity contribution < 1.29 is 13.2 Å². The summed E-state index contributed by atoms with van der Waals surface area (Å²) in [6.45, 7) is 4.95. The van der Waals surface area contributed by atoms with Crippen molar-refractivity contribution in [2.45, 2.75) is 13.8 Å². The number of anilines is 3. The highest BCUT2D eigenvalue weighted by atomic mass is 32.2. The number of amides is 1. The maximum absolute atomic E-state index is 12.6. The lowest BCUT2D eigenvalue weighted by molar-refractivity contribution is -0.120. The van der Waals surface area contributed by atoms with Crippen LogP contribution in [0.3, 0.4) is 0 Å². The standard InChI is InChI=1S/C20H23N7O3S/c1-13-7-14(2)27(24-13)19-9-18(21-12-22-19)26-10-15(11-26)20(28)23-16-5-4-6-17(8-16)25-31(3,29)30/h4-9,12,15,25H,10-11H2,1-3H3,(H,23,28). The van der Waals surface area contributed by atoms with Crippen LogP contribution in [-0.4, -0.2) is 53.4 Å². The monoisotopic (exact) mass is 441 g/mol. The number of carbonyl (C=O) groups excluding carboxylic acids is 1. The molecule has 1 aliphatic rings. The van der Waals surface area contributed by atoms with Crippen molar-refractivity contribution >= 4 is 33.1 Å². The molecule has 0 aliphatic carbocycles. The summed E-state index contributed by atoms with van der Waals surface area (Å²) in [5, 5.41) is 7.29. The van der Waals surface area contributed by atoms with Crippen molar-refractivity contribution in [3.63, 3.8) is 0 Å². The van der Waals surface area contributed by atoms with Gasteiger partial charge in [0.2, 0.25) is 15.9 Å². The molecule has 1 amide bonds. The third kappa shape index (κ3) is 4.82. The van der Waals surface area contributed by atoms with Gasteiger partial charge in [-0.15, -0.1) is 0 Å². The molecule has 11 heteroatoms. The molecular formula is C20H23N7O3S. The first-order valence-electron chi connectivity index (χ1n) is 9.67. The smallest absolute Gasteiger partial charge is 0.231 e. The molecule has 0 unspecified atom stereocenters. The van der Waals surface area contributed by atoms with Gasteiger partial charge in [0.1, 0.15) is 12.1 Å². The van der Waals surface area contributed by atoms with Crippen LogP contribution in [0.4, 0.5) is 17.2 Å². The number of sulfonamides is 1. The van der Waals surface area contributed by atoms with E-state index >= 15 is 0 Å². The Morgan fingerprint density at radius 2 is 1.77 bits per heavy atom. The third-order valence-electron chi connectivity index (χ3n) is 4.87. The van der Waals surface area contributed by atoms with E-state index in [2.05, 4.69) is 25.1 Å². The molecule has 1 aliphatic heterocycles. The van der Waals surface area contributed by atoms with Gasteiger partial charge in [0, 0.05) is 30.5 Å². The molecule has 0 atom stereocenters. The summed E-state index contributed by atoms with van der Waals surface area (Å²) in [7, 11) is -3.38. The van der Waals surface area contributed by atoms with E-state index in [4.69, 9.17) is 0 Å². The highest BCUT2D eigenvalue weighted by Gasteiger charge is 2.33. The molecule has 0 saturated carbocycles. The number of benzene rings is 1. The van der Waals surface area contributed by atoms with Crippen LogP contribution in [0.1, 0.15) is 11.4 Å². The van der Waals surface area contributed by atoms with E-state index in [1.54, 1.807) is 28.9 Å². The van der Waals surface area contributed by atoms with Crippen molar-refractivity contribution in [1.29, 1.82) is 0 Å². The predicted molar refractivity (Wildman–Crippen MR) is 118 cm³/mol. The van der Waals surface area contributed by atoms with E-state index in [9.17, 15) is 13.2 Å². The third-order valence-corrected chi connectivity index (χ3v) is 5.48. The molecule has 1 saturated heterocycles. The minimum absolute atomic E-state index is 0.124. The Balaban J connectivity index is 1.38. The van der Waals surface area contributed by atoms with Gasteiger partial charge in [-0.25, -0.2) is 23.1 Å². The summed E-state index contributed by atoms with van der Waals surface area (Å²) in [4.78, 5) is 23.2. The molecule has 2 N–H and O–H groups in total. The average Bonchev–Trinajstić information content (AvgIpc) is 2.98. The minimum Gasteiger partial charge on any atom is -0.355 e. The van der Waals surface area contributed by atoms with E-state index in [0.717, 1.165) is 23.5 Å². The number of nitrogens with zero attached hydrogens (tertiary/aromatic N) is 5. The topological polar surface area (TPSA) is 122 Å². The Bertz CT molecular complexity index is 1230. The number of aromatic nitrogens is 4. The molecule has 0 radical (unpaired) electrons. The quantitative estimate of drug-likeness (QED) is 0.597. The molecule has 0 bridgehead atoms. The predicted octanol–water partition coefficient (Wildman–Crippen LogP) is 1.73. The van der Waals surface area contributed by atoms with Crippen LogP contribution in [0.2, 0.25) is 0 Å². The lowest BCUT2D eigenvalue weighted by Crippen LogP contribution is -2.52. The van der Waals surface area contributed by atoms with Crippen LogP contribution in [0, 0.1) is 19.8 Å². The van der Waals surface area contributed by atoms with Gasteiger partial charge in [-0.05, 0) is 38.1 Å². The molecule has 0 spiro atoms. The minimum atomic E-state index is -3.38. The first-order chi connectivity index (χ1) is 14.7. The van der Waals surface area contributed by atoms with Crippen molar-refractivity contribution in [1.82, 2.24) is 19.7 Å².